The number of hydrogen-bond acceptors (Lipinski definition) is 5. The molecule has 5 rings (SSSR count). The Balaban J connectivity index is 0.000000687. The van der Waals surface area contributed by atoms with Crippen LogP contribution in [-0.2, 0) is 11.3 Å². The number of nitrogens with one attached hydrogen (secondary N) is 2. The molecule has 1 aromatic carbocycles. The fourth-order valence-corrected chi connectivity index (χ4v) is 4.00. The van der Waals surface area contributed by atoms with Gasteiger partial charge >= 0.3 is 0 Å². The lowest BCUT2D eigenvalue weighted by molar-refractivity contribution is -0.122. The molecule has 1 saturated heterocycles. The number of para-hydroxylation sites is 2. The van der Waals surface area contributed by atoms with E-state index in [1.54, 1.807) is 6.07 Å². The highest BCUT2D eigenvalue weighted by Crippen LogP contribution is 2.28. The molecule has 1 aliphatic heterocycles. The first-order chi connectivity index (χ1) is 14.6. The average Bonchev–Trinajstić information content (AvgIpc) is 3.32. The van der Waals surface area contributed by atoms with Crippen LogP contribution in [-0.4, -0.2) is 54.1 Å². The molecule has 0 saturated carbocycles. The number of imidazole rings is 1. The lowest BCUT2D eigenvalue weighted by Crippen LogP contribution is -2.33. The van der Waals surface area contributed by atoms with Gasteiger partial charge in [-0.1, -0.05) is 12.1 Å². The van der Waals surface area contributed by atoms with Crippen LogP contribution >= 0.6 is 0 Å². The Bertz CT molecular complexity index is 1180. The standard InChI is InChI=1S/C20H22N6O.CH2O2/c1-13-10-18-21-15(11-19(27)26(18)24-13)12-25-8-6-14(7-9-25)20-22-16-4-2-3-5-17(16)23-20;2-1-3/h2-5,10-11,14,24H,6-9,12H2,1H3,(H,22,23);1H,(H,2,3). The molecule has 0 bridgehead atoms. The number of benzene rings is 1. The van der Waals surface area contributed by atoms with Crippen molar-refractivity contribution in [2.75, 3.05) is 13.1 Å². The van der Waals surface area contributed by atoms with Gasteiger partial charge < -0.3 is 10.1 Å². The van der Waals surface area contributed by atoms with Gasteiger partial charge in [0.1, 0.15) is 5.82 Å². The van der Waals surface area contributed by atoms with Crippen LogP contribution in [0.15, 0.2) is 41.2 Å². The summed E-state index contributed by atoms with van der Waals surface area (Å²) in [6, 6.07) is 11.7. The normalized spacial score (nSPS) is 15.2. The summed E-state index contributed by atoms with van der Waals surface area (Å²) in [6.45, 7) is 4.35. The molecule has 9 heteroatoms. The summed E-state index contributed by atoms with van der Waals surface area (Å²) in [5.74, 6) is 1.55. The quantitative estimate of drug-likeness (QED) is 0.448. The fraction of sp³-hybridized carbons (Fsp3) is 0.333. The Hall–Kier alpha value is -3.46. The lowest BCUT2D eigenvalue weighted by atomic mass is 9.96. The topological polar surface area (TPSA) is 119 Å². The summed E-state index contributed by atoms with van der Waals surface area (Å²) in [6.07, 6.45) is 2.12. The Labute approximate surface area is 172 Å². The number of H-pyrrole nitrogens is 2. The molecule has 0 spiro atoms. The van der Waals surface area contributed by atoms with Crippen LogP contribution in [0.4, 0.5) is 0 Å². The number of carbonyl (C=O) groups is 1. The highest BCUT2D eigenvalue weighted by molar-refractivity contribution is 5.74. The number of fused-ring (bicyclic) bond motifs is 2. The maximum absolute atomic E-state index is 12.2. The second kappa shape index (κ2) is 8.50. The van der Waals surface area contributed by atoms with E-state index in [-0.39, 0.29) is 12.0 Å². The Morgan fingerprint density at radius 2 is 1.93 bits per heavy atom. The number of hydrogen-bond donors (Lipinski definition) is 3. The summed E-state index contributed by atoms with van der Waals surface area (Å²) < 4.78 is 1.49. The molecule has 3 N–H and O–H groups in total. The molecular formula is C21H24N6O3. The highest BCUT2D eigenvalue weighted by atomic mass is 16.3. The van der Waals surface area contributed by atoms with E-state index in [2.05, 4.69) is 26.0 Å². The number of aryl methyl sites for hydroxylation is 1. The second-order valence-corrected chi connectivity index (χ2v) is 7.51. The van der Waals surface area contributed by atoms with Gasteiger partial charge in [0.05, 0.1) is 16.7 Å². The van der Waals surface area contributed by atoms with Crippen LogP contribution in [0.2, 0.25) is 0 Å². The predicted molar refractivity (Wildman–Crippen MR) is 113 cm³/mol. The third-order valence-electron chi connectivity index (χ3n) is 5.40. The van der Waals surface area contributed by atoms with Crippen LogP contribution in [0.1, 0.15) is 36.0 Å². The zero-order chi connectivity index (χ0) is 21.1. The average molecular weight is 408 g/mol. The Morgan fingerprint density at radius 1 is 1.20 bits per heavy atom. The molecule has 4 aromatic rings. The lowest BCUT2D eigenvalue weighted by Gasteiger charge is -2.30. The zero-order valence-electron chi connectivity index (χ0n) is 16.7. The fourth-order valence-electron chi connectivity index (χ4n) is 4.00. The maximum Gasteiger partial charge on any atom is 0.290 e. The first-order valence-corrected chi connectivity index (χ1v) is 9.90. The summed E-state index contributed by atoms with van der Waals surface area (Å²) in [4.78, 5) is 35.8. The monoisotopic (exact) mass is 408 g/mol. The molecule has 0 radical (unpaired) electrons. The number of aromatic amines is 2. The van der Waals surface area contributed by atoms with E-state index in [9.17, 15) is 4.79 Å². The van der Waals surface area contributed by atoms with Crippen molar-refractivity contribution in [3.63, 3.8) is 0 Å². The minimum absolute atomic E-state index is 0.0553. The number of likely N-dealkylation sites (tertiary alicyclic amines) is 1. The van der Waals surface area contributed by atoms with Gasteiger partial charge in [-0.05, 0) is 45.0 Å². The molecule has 0 amide bonds. The molecule has 0 aliphatic carbocycles. The Morgan fingerprint density at radius 3 is 2.67 bits per heavy atom. The molecule has 156 valence electrons. The van der Waals surface area contributed by atoms with Crippen molar-refractivity contribution in [1.82, 2.24) is 29.5 Å². The number of aromatic nitrogens is 5. The number of rotatable bonds is 3. The summed E-state index contributed by atoms with van der Waals surface area (Å²) in [5, 5.41) is 9.90. The molecule has 4 heterocycles. The molecule has 0 unspecified atom stereocenters. The van der Waals surface area contributed by atoms with E-state index >= 15 is 0 Å². The minimum atomic E-state index is -0.250. The Kier molecular flexibility index (Phi) is 5.62. The minimum Gasteiger partial charge on any atom is -0.483 e. The first kappa shape index (κ1) is 19.8. The van der Waals surface area contributed by atoms with E-state index in [0.717, 1.165) is 54.2 Å². The highest BCUT2D eigenvalue weighted by Gasteiger charge is 2.23. The zero-order valence-corrected chi connectivity index (χ0v) is 16.7. The predicted octanol–water partition coefficient (Wildman–Crippen LogP) is 2.29. The third kappa shape index (κ3) is 4.11. The van der Waals surface area contributed by atoms with E-state index < -0.39 is 0 Å². The van der Waals surface area contributed by atoms with Gasteiger partial charge in [0.15, 0.2) is 5.65 Å². The van der Waals surface area contributed by atoms with Crippen molar-refractivity contribution < 1.29 is 9.90 Å². The van der Waals surface area contributed by atoms with Crippen molar-refractivity contribution in [1.29, 1.82) is 0 Å². The van der Waals surface area contributed by atoms with E-state index in [1.807, 2.05) is 31.2 Å². The summed E-state index contributed by atoms with van der Waals surface area (Å²) >= 11 is 0. The van der Waals surface area contributed by atoms with Crippen LogP contribution < -0.4 is 5.56 Å². The number of carboxylic acid groups (broad SMARTS) is 1. The molecule has 30 heavy (non-hydrogen) atoms. The van der Waals surface area contributed by atoms with Crippen molar-refractivity contribution in [3.05, 3.63) is 64.0 Å². The molecule has 0 atom stereocenters. The van der Waals surface area contributed by atoms with Gasteiger partial charge in [-0.25, -0.2) is 14.5 Å². The number of nitrogens with zero attached hydrogens (tertiary/aromatic N) is 4. The van der Waals surface area contributed by atoms with Crippen LogP contribution in [0.5, 0.6) is 0 Å². The second-order valence-electron chi connectivity index (χ2n) is 7.51. The van der Waals surface area contributed by atoms with E-state index in [1.165, 1.54) is 4.52 Å². The van der Waals surface area contributed by atoms with Crippen LogP contribution in [0.3, 0.4) is 0 Å². The van der Waals surface area contributed by atoms with Gasteiger partial charge in [0, 0.05) is 30.3 Å². The van der Waals surface area contributed by atoms with E-state index in [0.29, 0.717) is 18.1 Å². The summed E-state index contributed by atoms with van der Waals surface area (Å²) in [7, 11) is 0. The van der Waals surface area contributed by atoms with Crippen molar-refractivity contribution >= 4 is 23.2 Å². The van der Waals surface area contributed by atoms with Gasteiger partial charge in [-0.3, -0.25) is 19.6 Å². The molecule has 9 nitrogen and oxygen atoms in total. The maximum atomic E-state index is 12.2. The molecule has 1 aliphatic rings. The van der Waals surface area contributed by atoms with Crippen molar-refractivity contribution in [2.45, 2.75) is 32.2 Å². The summed E-state index contributed by atoms with van der Waals surface area (Å²) in [5.41, 5.74) is 4.54. The molecule has 1 fully saturated rings. The molecular weight excluding hydrogens is 384 g/mol. The van der Waals surface area contributed by atoms with Gasteiger partial charge in [0.2, 0.25) is 0 Å². The van der Waals surface area contributed by atoms with Crippen LogP contribution in [0, 0.1) is 6.92 Å². The van der Waals surface area contributed by atoms with Gasteiger partial charge in [0.25, 0.3) is 12.0 Å². The van der Waals surface area contributed by atoms with E-state index in [4.69, 9.17) is 14.9 Å². The smallest absolute Gasteiger partial charge is 0.290 e. The van der Waals surface area contributed by atoms with Crippen molar-refractivity contribution in [3.8, 4) is 0 Å². The number of piperidine rings is 1. The SMILES string of the molecule is Cc1cc2nc(CN3CCC(c4nc5ccccc5[nH]4)CC3)cc(=O)n2[nH]1.O=CO. The largest absolute Gasteiger partial charge is 0.483 e. The molecule has 3 aromatic heterocycles. The van der Waals surface area contributed by atoms with Gasteiger partial charge in [-0.15, -0.1) is 0 Å². The van der Waals surface area contributed by atoms with Crippen molar-refractivity contribution in [2.24, 2.45) is 0 Å². The third-order valence-corrected chi connectivity index (χ3v) is 5.40. The first-order valence-electron chi connectivity index (χ1n) is 9.90. The van der Waals surface area contributed by atoms with Crippen LogP contribution in [0.25, 0.3) is 16.7 Å². The van der Waals surface area contributed by atoms with Gasteiger partial charge in [-0.2, -0.15) is 0 Å².